The minimum absolute atomic E-state index is 0.0908. The van der Waals surface area contributed by atoms with Crippen LogP contribution in [0.4, 0.5) is 11.5 Å². The molecule has 1 aromatic rings. The molecule has 1 aromatic heterocycles. The first-order valence-electron chi connectivity index (χ1n) is 5.32. The third-order valence-corrected chi connectivity index (χ3v) is 2.88. The first-order valence-corrected chi connectivity index (χ1v) is 5.32. The number of anilines is 2. The Kier molecular flexibility index (Phi) is 2.71. The number of nitrogens with two attached hydrogens (primary N) is 1. The molecule has 90 valence electrons. The SMILES string of the molecule is Cc1ccnc(N2CC(=O)NC(=O)C2C)c1N. The van der Waals surface area contributed by atoms with Gasteiger partial charge in [0.25, 0.3) is 0 Å². The molecule has 1 aliphatic heterocycles. The molecule has 1 unspecified atom stereocenters. The zero-order chi connectivity index (χ0) is 12.6. The smallest absolute Gasteiger partial charge is 0.249 e. The van der Waals surface area contributed by atoms with Gasteiger partial charge in [0.15, 0.2) is 5.82 Å². The molecule has 0 aliphatic carbocycles. The summed E-state index contributed by atoms with van der Waals surface area (Å²) in [7, 11) is 0. The van der Waals surface area contributed by atoms with E-state index in [-0.39, 0.29) is 18.4 Å². The van der Waals surface area contributed by atoms with Gasteiger partial charge in [-0.2, -0.15) is 0 Å². The number of amides is 2. The minimum Gasteiger partial charge on any atom is -0.396 e. The fourth-order valence-corrected chi connectivity index (χ4v) is 1.76. The van der Waals surface area contributed by atoms with Crippen molar-refractivity contribution in [2.24, 2.45) is 0 Å². The van der Waals surface area contributed by atoms with E-state index in [2.05, 4.69) is 10.3 Å². The number of piperazine rings is 1. The van der Waals surface area contributed by atoms with Gasteiger partial charge in [-0.25, -0.2) is 4.98 Å². The van der Waals surface area contributed by atoms with Crippen LogP contribution in [0.1, 0.15) is 12.5 Å². The van der Waals surface area contributed by atoms with E-state index >= 15 is 0 Å². The first kappa shape index (κ1) is 11.4. The van der Waals surface area contributed by atoms with Crippen LogP contribution in [0.15, 0.2) is 12.3 Å². The molecule has 1 fully saturated rings. The number of nitrogens with zero attached hydrogens (tertiary/aromatic N) is 2. The second-order valence-corrected chi connectivity index (χ2v) is 4.08. The predicted molar refractivity (Wildman–Crippen MR) is 63.3 cm³/mol. The number of nitrogen functional groups attached to an aromatic ring is 1. The van der Waals surface area contributed by atoms with Crippen LogP contribution < -0.4 is 16.0 Å². The lowest BCUT2D eigenvalue weighted by Crippen LogP contribution is -2.57. The maximum atomic E-state index is 11.5. The molecule has 2 amide bonds. The molecule has 1 atom stereocenters. The molecule has 6 heteroatoms. The lowest BCUT2D eigenvalue weighted by Gasteiger charge is -2.33. The Morgan fingerprint density at radius 3 is 2.94 bits per heavy atom. The molecule has 0 spiro atoms. The van der Waals surface area contributed by atoms with Crippen molar-refractivity contribution >= 4 is 23.3 Å². The number of aromatic nitrogens is 1. The van der Waals surface area contributed by atoms with Crippen LogP contribution in [0.25, 0.3) is 0 Å². The molecule has 17 heavy (non-hydrogen) atoms. The zero-order valence-electron chi connectivity index (χ0n) is 9.73. The normalized spacial score (nSPS) is 20.4. The molecule has 2 heterocycles. The third kappa shape index (κ3) is 1.93. The molecule has 0 radical (unpaired) electrons. The molecule has 0 bridgehead atoms. The van der Waals surface area contributed by atoms with Crippen molar-refractivity contribution in [1.82, 2.24) is 10.3 Å². The molecule has 0 aromatic carbocycles. The van der Waals surface area contributed by atoms with Gasteiger partial charge < -0.3 is 10.6 Å². The number of nitrogens with one attached hydrogen (secondary N) is 1. The summed E-state index contributed by atoms with van der Waals surface area (Å²) in [6, 6.07) is 1.33. The largest absolute Gasteiger partial charge is 0.396 e. The van der Waals surface area contributed by atoms with E-state index in [9.17, 15) is 9.59 Å². The summed E-state index contributed by atoms with van der Waals surface area (Å²) >= 11 is 0. The second-order valence-electron chi connectivity index (χ2n) is 4.08. The Labute approximate surface area is 98.8 Å². The number of carbonyl (C=O) groups excluding carboxylic acids is 2. The molecule has 1 saturated heterocycles. The first-order chi connectivity index (χ1) is 8.00. The summed E-state index contributed by atoms with van der Waals surface area (Å²) in [5, 5.41) is 2.27. The number of rotatable bonds is 1. The summed E-state index contributed by atoms with van der Waals surface area (Å²) in [5.74, 6) is -0.180. The van der Waals surface area contributed by atoms with Gasteiger partial charge in [-0.3, -0.25) is 14.9 Å². The minimum atomic E-state index is -0.454. The third-order valence-electron chi connectivity index (χ3n) is 2.88. The van der Waals surface area contributed by atoms with E-state index in [1.165, 1.54) is 0 Å². The van der Waals surface area contributed by atoms with E-state index < -0.39 is 6.04 Å². The molecule has 1 aliphatic rings. The van der Waals surface area contributed by atoms with Crippen LogP contribution in [-0.2, 0) is 9.59 Å². The van der Waals surface area contributed by atoms with Gasteiger partial charge in [-0.1, -0.05) is 0 Å². The maximum absolute atomic E-state index is 11.5. The highest BCUT2D eigenvalue weighted by Crippen LogP contribution is 2.25. The van der Waals surface area contributed by atoms with Crippen LogP contribution in [0.2, 0.25) is 0 Å². The van der Waals surface area contributed by atoms with E-state index in [1.807, 2.05) is 6.92 Å². The van der Waals surface area contributed by atoms with Gasteiger partial charge in [0.2, 0.25) is 11.8 Å². The number of hydrogen-bond donors (Lipinski definition) is 2. The van der Waals surface area contributed by atoms with Crippen molar-refractivity contribution in [2.75, 3.05) is 17.2 Å². The Hall–Kier alpha value is -2.11. The lowest BCUT2D eigenvalue weighted by atomic mass is 10.1. The molecule has 0 saturated carbocycles. The van der Waals surface area contributed by atoms with Gasteiger partial charge in [-0.15, -0.1) is 0 Å². The highest BCUT2D eigenvalue weighted by atomic mass is 16.2. The number of pyridine rings is 1. The quantitative estimate of drug-likeness (QED) is 0.658. The van der Waals surface area contributed by atoms with E-state index in [0.717, 1.165) is 5.56 Å². The summed E-state index contributed by atoms with van der Waals surface area (Å²) in [5.41, 5.74) is 7.30. The topological polar surface area (TPSA) is 88.3 Å². The van der Waals surface area contributed by atoms with Crippen LogP contribution in [0.3, 0.4) is 0 Å². The van der Waals surface area contributed by atoms with Crippen molar-refractivity contribution in [3.05, 3.63) is 17.8 Å². The number of aryl methyl sites for hydroxylation is 1. The number of hydrogen-bond acceptors (Lipinski definition) is 5. The molecule has 6 nitrogen and oxygen atoms in total. The fourth-order valence-electron chi connectivity index (χ4n) is 1.76. The van der Waals surface area contributed by atoms with Gasteiger partial charge in [0.1, 0.15) is 6.04 Å². The number of carbonyl (C=O) groups is 2. The summed E-state index contributed by atoms with van der Waals surface area (Å²) < 4.78 is 0. The lowest BCUT2D eigenvalue weighted by molar-refractivity contribution is -0.132. The van der Waals surface area contributed by atoms with Crippen molar-refractivity contribution in [3.63, 3.8) is 0 Å². The van der Waals surface area contributed by atoms with E-state index in [1.54, 1.807) is 24.1 Å². The molecule has 3 N–H and O–H groups in total. The van der Waals surface area contributed by atoms with Crippen molar-refractivity contribution < 1.29 is 9.59 Å². The van der Waals surface area contributed by atoms with Crippen LogP contribution >= 0.6 is 0 Å². The molecular formula is C11H14N4O2. The summed E-state index contributed by atoms with van der Waals surface area (Å²) in [6.07, 6.45) is 1.62. The van der Waals surface area contributed by atoms with E-state index in [0.29, 0.717) is 11.5 Å². The summed E-state index contributed by atoms with van der Waals surface area (Å²) in [4.78, 5) is 28.7. The van der Waals surface area contributed by atoms with Gasteiger partial charge in [0, 0.05) is 6.20 Å². The molecular weight excluding hydrogens is 220 g/mol. The Bertz CT molecular complexity index is 486. The van der Waals surface area contributed by atoms with Crippen LogP contribution in [0, 0.1) is 6.92 Å². The van der Waals surface area contributed by atoms with Crippen LogP contribution in [0.5, 0.6) is 0 Å². The number of imide groups is 1. The molecule has 2 rings (SSSR count). The van der Waals surface area contributed by atoms with Gasteiger partial charge >= 0.3 is 0 Å². The zero-order valence-corrected chi connectivity index (χ0v) is 9.73. The van der Waals surface area contributed by atoms with E-state index in [4.69, 9.17) is 5.73 Å². The monoisotopic (exact) mass is 234 g/mol. The fraction of sp³-hybridized carbons (Fsp3) is 0.364. The average Bonchev–Trinajstić information content (AvgIpc) is 2.27. The predicted octanol–water partition coefficient (Wildman–Crippen LogP) is -0.176. The van der Waals surface area contributed by atoms with Crippen LogP contribution in [-0.4, -0.2) is 29.4 Å². The highest BCUT2D eigenvalue weighted by molar-refractivity contribution is 6.04. The maximum Gasteiger partial charge on any atom is 0.249 e. The van der Waals surface area contributed by atoms with Crippen molar-refractivity contribution in [1.29, 1.82) is 0 Å². The Balaban J connectivity index is 2.41. The average molecular weight is 234 g/mol. The standard InChI is InChI=1S/C11H14N4O2/c1-6-3-4-13-10(9(6)12)15-5-8(16)14-11(17)7(15)2/h3-4,7H,5,12H2,1-2H3,(H,14,16,17). The van der Waals surface area contributed by atoms with Crippen molar-refractivity contribution in [3.8, 4) is 0 Å². The van der Waals surface area contributed by atoms with Gasteiger partial charge in [0.05, 0.1) is 12.2 Å². The highest BCUT2D eigenvalue weighted by Gasteiger charge is 2.32. The Morgan fingerprint density at radius 1 is 1.53 bits per heavy atom. The van der Waals surface area contributed by atoms with Gasteiger partial charge in [-0.05, 0) is 25.5 Å². The Morgan fingerprint density at radius 2 is 2.24 bits per heavy atom. The van der Waals surface area contributed by atoms with Crippen molar-refractivity contribution in [2.45, 2.75) is 19.9 Å². The second kappa shape index (κ2) is 4.04. The summed E-state index contributed by atoms with van der Waals surface area (Å²) in [6.45, 7) is 3.66.